The van der Waals surface area contributed by atoms with E-state index in [0.29, 0.717) is 11.5 Å². The Morgan fingerprint density at radius 3 is 2.11 bits per heavy atom. The van der Waals surface area contributed by atoms with E-state index in [0.717, 1.165) is 9.87 Å². The van der Waals surface area contributed by atoms with E-state index in [1.807, 2.05) is 31.2 Å². The van der Waals surface area contributed by atoms with E-state index < -0.39 is 28.6 Å². The minimum atomic E-state index is -3.76. The van der Waals surface area contributed by atoms with Crippen molar-refractivity contribution in [2.75, 3.05) is 16.6 Å². The lowest BCUT2D eigenvalue weighted by molar-refractivity contribution is -0.137. The highest BCUT2D eigenvalue weighted by Gasteiger charge is 2.26. The van der Waals surface area contributed by atoms with Crippen LogP contribution in [-0.2, 0) is 14.8 Å². The van der Waals surface area contributed by atoms with Crippen molar-refractivity contribution >= 4 is 21.6 Å². The Bertz CT molecular complexity index is 866. The number of aliphatic hydroxyl groups is 1. The Hall–Kier alpha value is -2.62. The third-order valence-corrected chi connectivity index (χ3v) is 5.59. The molecule has 1 amide bonds. The first-order valence-electron chi connectivity index (χ1n) is 8.24. The zero-order valence-corrected chi connectivity index (χ0v) is 15.8. The first-order valence-corrected chi connectivity index (χ1v) is 9.84. The molecule has 0 aromatic heterocycles. The maximum atomic E-state index is 12.3. The number of benzene rings is 2. The van der Waals surface area contributed by atoms with Crippen LogP contribution in [0.1, 0.15) is 12.5 Å². The topological polar surface area (TPSA) is 116 Å². The molecule has 1 unspecified atom stereocenters. The second kappa shape index (κ2) is 8.85. The predicted octanol–water partition coefficient (Wildman–Crippen LogP) is 1.81. The summed E-state index contributed by atoms with van der Waals surface area (Å²) in [5, 5.41) is 18.4. The minimum absolute atomic E-state index is 0.220. The molecule has 0 fully saturated rings. The summed E-state index contributed by atoms with van der Waals surface area (Å²) in [6, 6.07) is 13.7. The van der Waals surface area contributed by atoms with Crippen molar-refractivity contribution in [1.82, 2.24) is 5.48 Å². The van der Waals surface area contributed by atoms with Gasteiger partial charge < -0.3 is 9.84 Å². The van der Waals surface area contributed by atoms with Crippen LogP contribution < -0.4 is 14.5 Å². The Balaban J connectivity index is 2.23. The van der Waals surface area contributed by atoms with Gasteiger partial charge in [-0.25, -0.2) is 13.9 Å². The van der Waals surface area contributed by atoms with Gasteiger partial charge in [-0.3, -0.25) is 14.3 Å². The van der Waals surface area contributed by atoms with Gasteiger partial charge in [-0.15, -0.1) is 0 Å². The Labute approximate surface area is 158 Å². The average molecular weight is 394 g/mol. The molecule has 146 valence electrons. The smallest absolute Gasteiger partial charge is 0.274 e. The number of sulfonamides is 1. The number of nitrogens with one attached hydrogen (secondary N) is 1. The van der Waals surface area contributed by atoms with Crippen LogP contribution in [-0.4, -0.2) is 43.0 Å². The third kappa shape index (κ3) is 5.43. The first-order chi connectivity index (χ1) is 12.8. The molecular formula is C18H22N2O6S. The Morgan fingerprint density at radius 2 is 1.63 bits per heavy atom. The van der Waals surface area contributed by atoms with E-state index in [-0.39, 0.29) is 11.4 Å². The fourth-order valence-corrected chi connectivity index (χ4v) is 3.40. The van der Waals surface area contributed by atoms with E-state index in [2.05, 4.69) is 0 Å². The number of rotatable bonds is 8. The van der Waals surface area contributed by atoms with Crippen molar-refractivity contribution in [1.29, 1.82) is 0 Å². The van der Waals surface area contributed by atoms with Crippen LogP contribution in [0.3, 0.4) is 0 Å². The normalized spacial score (nSPS) is 12.3. The quantitative estimate of drug-likeness (QED) is 0.464. The lowest BCUT2D eigenvalue weighted by atomic mass is 10.2. The summed E-state index contributed by atoms with van der Waals surface area (Å²) in [5.41, 5.74) is 2.66. The fraction of sp³-hybridized carbons (Fsp3) is 0.278. The molecule has 1 atom stereocenters. The molecule has 2 aromatic rings. The van der Waals surface area contributed by atoms with Crippen LogP contribution >= 0.6 is 0 Å². The van der Waals surface area contributed by atoms with Crippen LogP contribution in [0, 0.1) is 6.92 Å². The van der Waals surface area contributed by atoms with E-state index in [9.17, 15) is 18.3 Å². The van der Waals surface area contributed by atoms with Gasteiger partial charge in [-0.1, -0.05) is 17.7 Å². The summed E-state index contributed by atoms with van der Waals surface area (Å²) in [5.74, 6) is -0.167. The zero-order valence-electron chi connectivity index (χ0n) is 15.0. The SMILES string of the molecule is CCS(=O)(=O)N(CC(O)C(=O)NO)c1ccc(Oc2ccc(C)cc2)cc1. The van der Waals surface area contributed by atoms with Gasteiger partial charge in [0.25, 0.3) is 5.91 Å². The number of ether oxygens (including phenoxy) is 1. The number of aliphatic hydroxyl groups excluding tert-OH is 1. The van der Waals surface area contributed by atoms with Gasteiger partial charge in [-0.2, -0.15) is 0 Å². The van der Waals surface area contributed by atoms with Gasteiger partial charge in [0.2, 0.25) is 10.0 Å². The fourth-order valence-electron chi connectivity index (χ4n) is 2.27. The molecule has 0 aliphatic carbocycles. The number of hydrogen-bond acceptors (Lipinski definition) is 6. The summed E-state index contributed by atoms with van der Waals surface area (Å²) >= 11 is 0. The van der Waals surface area contributed by atoms with Crippen LogP contribution in [0.15, 0.2) is 48.5 Å². The molecule has 0 heterocycles. The number of amides is 1. The lowest BCUT2D eigenvalue weighted by Crippen LogP contribution is -2.44. The largest absolute Gasteiger partial charge is 0.457 e. The molecule has 27 heavy (non-hydrogen) atoms. The number of hydrogen-bond donors (Lipinski definition) is 3. The van der Waals surface area contributed by atoms with Crippen molar-refractivity contribution in [2.45, 2.75) is 20.0 Å². The maximum absolute atomic E-state index is 12.3. The van der Waals surface area contributed by atoms with Gasteiger partial charge in [-0.05, 0) is 50.2 Å². The van der Waals surface area contributed by atoms with Gasteiger partial charge >= 0.3 is 0 Å². The summed E-state index contributed by atoms with van der Waals surface area (Å²) in [6.45, 7) is 2.89. The highest BCUT2D eigenvalue weighted by Crippen LogP contribution is 2.26. The van der Waals surface area contributed by atoms with Crippen LogP contribution in [0.2, 0.25) is 0 Å². The van der Waals surface area contributed by atoms with Gasteiger partial charge in [0.1, 0.15) is 11.5 Å². The standard InChI is InChI=1S/C18H22N2O6S/c1-3-27(24,25)20(12-17(21)18(22)19-23)14-6-10-16(11-7-14)26-15-8-4-13(2)5-9-15/h4-11,17,21,23H,3,12H2,1-2H3,(H,19,22). The molecule has 0 bridgehead atoms. The molecule has 2 aromatic carbocycles. The monoisotopic (exact) mass is 394 g/mol. The number of anilines is 1. The summed E-state index contributed by atoms with van der Waals surface area (Å²) in [7, 11) is -3.76. The molecule has 0 aliphatic rings. The minimum Gasteiger partial charge on any atom is -0.457 e. The van der Waals surface area contributed by atoms with Crippen LogP contribution in [0.25, 0.3) is 0 Å². The molecule has 0 saturated heterocycles. The van der Waals surface area contributed by atoms with E-state index >= 15 is 0 Å². The number of nitrogens with zero attached hydrogens (tertiary/aromatic N) is 1. The second-order valence-corrected chi connectivity index (χ2v) is 8.01. The molecule has 9 heteroatoms. The highest BCUT2D eigenvalue weighted by atomic mass is 32.2. The third-order valence-electron chi connectivity index (χ3n) is 3.83. The van der Waals surface area contributed by atoms with Crippen LogP contribution in [0.4, 0.5) is 5.69 Å². The molecule has 2 rings (SSSR count). The second-order valence-electron chi connectivity index (χ2n) is 5.83. The molecular weight excluding hydrogens is 372 g/mol. The first kappa shape index (κ1) is 20.7. The molecule has 0 spiro atoms. The summed E-state index contributed by atoms with van der Waals surface area (Å²) in [6.07, 6.45) is -1.72. The number of hydroxylamine groups is 1. The van der Waals surface area contributed by atoms with Crippen molar-refractivity contribution in [3.05, 3.63) is 54.1 Å². The molecule has 8 nitrogen and oxygen atoms in total. The molecule has 0 radical (unpaired) electrons. The molecule has 3 N–H and O–H groups in total. The summed E-state index contributed by atoms with van der Waals surface area (Å²) in [4.78, 5) is 11.3. The number of carbonyl (C=O) groups is 1. The van der Waals surface area contributed by atoms with Crippen molar-refractivity contribution in [3.63, 3.8) is 0 Å². The van der Waals surface area contributed by atoms with Gasteiger partial charge in [0, 0.05) is 0 Å². The van der Waals surface area contributed by atoms with E-state index in [1.54, 1.807) is 12.1 Å². The van der Waals surface area contributed by atoms with Crippen molar-refractivity contribution in [3.8, 4) is 11.5 Å². The van der Waals surface area contributed by atoms with Crippen molar-refractivity contribution < 1.29 is 28.3 Å². The Kier molecular flexibility index (Phi) is 6.78. The number of carbonyl (C=O) groups excluding carboxylic acids is 1. The lowest BCUT2D eigenvalue weighted by Gasteiger charge is -2.25. The van der Waals surface area contributed by atoms with Gasteiger partial charge in [0.05, 0.1) is 18.0 Å². The predicted molar refractivity (Wildman–Crippen MR) is 100 cm³/mol. The van der Waals surface area contributed by atoms with Crippen LogP contribution in [0.5, 0.6) is 11.5 Å². The van der Waals surface area contributed by atoms with Gasteiger partial charge in [0.15, 0.2) is 6.10 Å². The summed E-state index contributed by atoms with van der Waals surface area (Å²) < 4.78 is 31.3. The van der Waals surface area contributed by atoms with E-state index in [4.69, 9.17) is 9.94 Å². The Morgan fingerprint density at radius 1 is 1.11 bits per heavy atom. The molecule has 0 saturated carbocycles. The maximum Gasteiger partial charge on any atom is 0.274 e. The average Bonchev–Trinajstić information content (AvgIpc) is 2.67. The highest BCUT2D eigenvalue weighted by molar-refractivity contribution is 7.92. The molecule has 0 aliphatic heterocycles. The van der Waals surface area contributed by atoms with Crippen molar-refractivity contribution in [2.24, 2.45) is 0 Å². The zero-order chi connectivity index (χ0) is 20.0. The van der Waals surface area contributed by atoms with E-state index in [1.165, 1.54) is 24.5 Å². The number of aryl methyl sites for hydroxylation is 1.